The molecule has 1 aromatic rings. The van der Waals surface area contributed by atoms with Crippen molar-refractivity contribution >= 4 is 40.3 Å². The number of carbonyl (C=O) groups is 3. The summed E-state index contributed by atoms with van der Waals surface area (Å²) < 4.78 is 15.1. The molecule has 1 aromatic heterocycles. The zero-order chi connectivity index (χ0) is 21.5. The second kappa shape index (κ2) is 9.49. The van der Waals surface area contributed by atoms with Crippen molar-refractivity contribution < 1.29 is 28.6 Å². The zero-order valence-electron chi connectivity index (χ0n) is 17.0. The molecule has 0 fully saturated rings. The van der Waals surface area contributed by atoms with Gasteiger partial charge in [0.05, 0.1) is 6.61 Å². The van der Waals surface area contributed by atoms with E-state index in [2.05, 4.69) is 20.8 Å². The van der Waals surface area contributed by atoms with Crippen LogP contribution in [0.2, 0.25) is 0 Å². The number of esters is 1. The average molecular weight is 414 g/mol. The molecule has 0 bridgehead atoms. The molecule has 1 rings (SSSR count). The Labute approximate surface area is 167 Å². The summed E-state index contributed by atoms with van der Waals surface area (Å²) in [4.78, 5) is 39.9. The first-order valence-electron chi connectivity index (χ1n) is 8.50. The van der Waals surface area contributed by atoms with Gasteiger partial charge in [0.15, 0.2) is 10.8 Å². The fourth-order valence-electron chi connectivity index (χ4n) is 1.64. The predicted octanol–water partition coefficient (Wildman–Crippen LogP) is 3.28. The van der Waals surface area contributed by atoms with E-state index in [1.54, 1.807) is 48.5 Å². The van der Waals surface area contributed by atoms with Crippen LogP contribution in [-0.4, -0.2) is 46.7 Å². The summed E-state index contributed by atoms with van der Waals surface area (Å²) in [6.45, 7) is 12.0. The lowest BCUT2D eigenvalue weighted by Gasteiger charge is -2.18. The number of hydrogen-bond acceptors (Lipinski definition) is 9. The maximum atomic E-state index is 12.2. The van der Waals surface area contributed by atoms with Gasteiger partial charge in [0.25, 0.3) is 0 Å². The largest absolute Gasteiger partial charge is 0.461 e. The van der Waals surface area contributed by atoms with Crippen LogP contribution in [0.4, 0.5) is 14.7 Å². The zero-order valence-corrected chi connectivity index (χ0v) is 17.9. The monoisotopic (exact) mass is 414 g/mol. The van der Waals surface area contributed by atoms with E-state index in [0.29, 0.717) is 0 Å². The summed E-state index contributed by atoms with van der Waals surface area (Å²) >= 11 is 1.06. The second-order valence-electron chi connectivity index (χ2n) is 7.46. The molecular formula is C17H26N4O6S. The van der Waals surface area contributed by atoms with E-state index >= 15 is 0 Å². The summed E-state index contributed by atoms with van der Waals surface area (Å²) in [6, 6.07) is 0. The van der Waals surface area contributed by atoms with Gasteiger partial charge < -0.3 is 14.2 Å². The molecule has 0 aromatic carbocycles. The molecule has 11 heteroatoms. The standard InChI is InChI=1S/C17H26N4O6S/c1-8-25-12(22)11(20-21-15(24)27-17(5,6)7)10-9-28-13(18-10)19-14(23)26-16(2,3)4/h9H,8H2,1-7H3,(H,21,24)(H,18,19,23)/b20-11+. The summed E-state index contributed by atoms with van der Waals surface area (Å²) in [5.74, 6) is -0.785. The normalized spacial score (nSPS) is 12.2. The third kappa shape index (κ3) is 8.80. The van der Waals surface area contributed by atoms with Crippen LogP contribution in [0, 0.1) is 0 Å². The van der Waals surface area contributed by atoms with Crippen molar-refractivity contribution in [1.82, 2.24) is 10.4 Å². The number of hydrogen-bond donors (Lipinski definition) is 2. The van der Waals surface area contributed by atoms with E-state index in [0.717, 1.165) is 11.3 Å². The van der Waals surface area contributed by atoms with E-state index in [1.165, 1.54) is 5.38 Å². The van der Waals surface area contributed by atoms with Gasteiger partial charge in [-0.2, -0.15) is 5.10 Å². The third-order valence-electron chi connectivity index (χ3n) is 2.48. The van der Waals surface area contributed by atoms with Crippen LogP contribution in [0.15, 0.2) is 10.5 Å². The van der Waals surface area contributed by atoms with Crippen LogP contribution < -0.4 is 10.7 Å². The molecule has 0 atom stereocenters. The Hall–Kier alpha value is -2.69. The molecule has 0 aliphatic heterocycles. The molecular weight excluding hydrogens is 388 g/mol. The number of thiazole rings is 1. The number of hydrazone groups is 1. The Morgan fingerprint density at radius 3 is 2.18 bits per heavy atom. The van der Waals surface area contributed by atoms with Gasteiger partial charge in [-0.25, -0.2) is 24.8 Å². The SMILES string of the molecule is CCOC(=O)/C(=N/NC(=O)OC(C)(C)C)c1csc(NC(=O)OC(C)(C)C)n1. The Morgan fingerprint density at radius 1 is 1.07 bits per heavy atom. The van der Waals surface area contributed by atoms with Crippen molar-refractivity contribution in [1.29, 1.82) is 0 Å². The van der Waals surface area contributed by atoms with Crippen molar-refractivity contribution in [2.24, 2.45) is 5.10 Å². The molecule has 0 aliphatic rings. The topological polar surface area (TPSA) is 128 Å². The Kier molecular flexibility index (Phi) is 7.91. The molecule has 2 amide bonds. The molecule has 0 spiro atoms. The third-order valence-corrected chi connectivity index (χ3v) is 3.24. The lowest BCUT2D eigenvalue weighted by atomic mass is 10.2. The fraction of sp³-hybridized carbons (Fsp3) is 0.588. The fourth-order valence-corrected chi connectivity index (χ4v) is 2.32. The Bertz CT molecular complexity index is 746. The van der Waals surface area contributed by atoms with Crippen LogP contribution in [0.5, 0.6) is 0 Å². The number of aromatic nitrogens is 1. The highest BCUT2D eigenvalue weighted by molar-refractivity contribution is 7.14. The Morgan fingerprint density at radius 2 is 1.64 bits per heavy atom. The van der Waals surface area contributed by atoms with Gasteiger partial charge in [-0.1, -0.05) is 0 Å². The van der Waals surface area contributed by atoms with Crippen molar-refractivity contribution in [3.63, 3.8) is 0 Å². The number of nitrogens with zero attached hydrogens (tertiary/aromatic N) is 2. The number of anilines is 1. The van der Waals surface area contributed by atoms with Crippen LogP contribution in [0.1, 0.15) is 54.2 Å². The molecule has 156 valence electrons. The number of carbonyl (C=O) groups excluding carboxylic acids is 3. The van der Waals surface area contributed by atoms with E-state index in [1.807, 2.05) is 0 Å². The van der Waals surface area contributed by atoms with Gasteiger partial charge in [-0.3, -0.25) is 5.32 Å². The highest BCUT2D eigenvalue weighted by atomic mass is 32.1. The van der Waals surface area contributed by atoms with Crippen molar-refractivity contribution in [2.45, 2.75) is 59.7 Å². The van der Waals surface area contributed by atoms with Gasteiger partial charge in [0.1, 0.15) is 16.9 Å². The van der Waals surface area contributed by atoms with E-state index in [9.17, 15) is 14.4 Å². The molecule has 0 saturated heterocycles. The van der Waals surface area contributed by atoms with Gasteiger partial charge in [0, 0.05) is 5.38 Å². The van der Waals surface area contributed by atoms with Crippen LogP contribution in [0.3, 0.4) is 0 Å². The molecule has 0 saturated carbocycles. The average Bonchev–Trinajstić information content (AvgIpc) is 2.91. The summed E-state index contributed by atoms with van der Waals surface area (Å²) in [6.07, 6.45) is -1.52. The van der Waals surface area contributed by atoms with Gasteiger partial charge in [-0.15, -0.1) is 11.3 Å². The maximum Gasteiger partial charge on any atom is 0.428 e. The highest BCUT2D eigenvalue weighted by Crippen LogP contribution is 2.18. The lowest BCUT2D eigenvalue weighted by molar-refractivity contribution is -0.135. The minimum Gasteiger partial charge on any atom is -0.461 e. The first-order valence-corrected chi connectivity index (χ1v) is 9.38. The number of ether oxygens (including phenoxy) is 3. The second-order valence-corrected chi connectivity index (χ2v) is 8.32. The van der Waals surface area contributed by atoms with E-state index in [4.69, 9.17) is 14.2 Å². The summed E-state index contributed by atoms with van der Waals surface area (Å²) in [7, 11) is 0. The Balaban J connectivity index is 2.96. The van der Waals surface area contributed by atoms with Crippen LogP contribution >= 0.6 is 11.3 Å². The van der Waals surface area contributed by atoms with Crippen molar-refractivity contribution in [3.8, 4) is 0 Å². The van der Waals surface area contributed by atoms with Crippen LogP contribution in [-0.2, 0) is 19.0 Å². The minimum absolute atomic E-state index is 0.109. The van der Waals surface area contributed by atoms with Crippen molar-refractivity contribution in [2.75, 3.05) is 11.9 Å². The predicted molar refractivity (Wildman–Crippen MR) is 105 cm³/mol. The first-order chi connectivity index (χ1) is 12.8. The number of nitrogens with one attached hydrogen (secondary N) is 2. The molecule has 0 unspecified atom stereocenters. The van der Waals surface area contributed by atoms with Crippen molar-refractivity contribution in [3.05, 3.63) is 11.1 Å². The van der Waals surface area contributed by atoms with Crippen LogP contribution in [0.25, 0.3) is 0 Å². The molecule has 0 radical (unpaired) electrons. The minimum atomic E-state index is -0.836. The lowest BCUT2D eigenvalue weighted by Crippen LogP contribution is -2.32. The molecule has 0 aliphatic carbocycles. The first kappa shape index (κ1) is 23.3. The van der Waals surface area contributed by atoms with Gasteiger partial charge in [-0.05, 0) is 48.5 Å². The van der Waals surface area contributed by atoms with E-state index in [-0.39, 0.29) is 23.1 Å². The highest BCUT2D eigenvalue weighted by Gasteiger charge is 2.23. The molecule has 10 nitrogen and oxygen atoms in total. The molecule has 1 heterocycles. The maximum absolute atomic E-state index is 12.2. The van der Waals surface area contributed by atoms with E-state index < -0.39 is 29.4 Å². The molecule has 2 N–H and O–H groups in total. The smallest absolute Gasteiger partial charge is 0.428 e. The summed E-state index contributed by atoms with van der Waals surface area (Å²) in [5.41, 5.74) is 0.623. The quantitative estimate of drug-likeness (QED) is 0.327. The van der Waals surface area contributed by atoms with Gasteiger partial charge in [0.2, 0.25) is 0 Å². The summed E-state index contributed by atoms with van der Waals surface area (Å²) in [5, 5.41) is 7.91. The number of amides is 2. The van der Waals surface area contributed by atoms with Gasteiger partial charge >= 0.3 is 18.2 Å². The number of rotatable bonds is 5. The molecule has 28 heavy (non-hydrogen) atoms.